The summed E-state index contributed by atoms with van der Waals surface area (Å²) in [5.41, 5.74) is 0.418. The van der Waals surface area contributed by atoms with E-state index in [1.165, 1.54) is 12.3 Å². The van der Waals surface area contributed by atoms with Gasteiger partial charge >= 0.3 is 6.03 Å². The summed E-state index contributed by atoms with van der Waals surface area (Å²) in [6.07, 6.45) is 3.24. The highest BCUT2D eigenvalue weighted by atomic mass is 35.5. The number of nitrogens with one attached hydrogen (secondary N) is 1. The highest BCUT2D eigenvalue weighted by Crippen LogP contribution is 2.32. The summed E-state index contributed by atoms with van der Waals surface area (Å²) in [6, 6.07) is 8.41. The number of rotatable bonds is 4. The van der Waals surface area contributed by atoms with Crippen molar-refractivity contribution in [3.8, 4) is 0 Å². The van der Waals surface area contributed by atoms with Crippen molar-refractivity contribution in [1.29, 1.82) is 0 Å². The van der Waals surface area contributed by atoms with Gasteiger partial charge in [0.15, 0.2) is 0 Å². The topological polar surface area (TPSA) is 71.9 Å². The summed E-state index contributed by atoms with van der Waals surface area (Å²) in [5.74, 6) is -0.456. The van der Waals surface area contributed by atoms with E-state index in [1.54, 1.807) is 23.1 Å². The number of piperidine rings is 1. The second kappa shape index (κ2) is 9.21. The molecule has 1 aromatic carbocycles. The van der Waals surface area contributed by atoms with Crippen LogP contribution in [0.15, 0.2) is 36.5 Å². The molecule has 9 heteroatoms. The molecule has 0 aliphatic carbocycles. The van der Waals surface area contributed by atoms with Gasteiger partial charge in [-0.15, -0.1) is 0 Å². The number of carbonyl (C=O) groups is 1. The quantitative estimate of drug-likeness (QED) is 0.728. The van der Waals surface area contributed by atoms with Gasteiger partial charge in [0, 0.05) is 44.1 Å². The fourth-order valence-electron chi connectivity index (χ4n) is 4.38. The van der Waals surface area contributed by atoms with Gasteiger partial charge in [-0.25, -0.2) is 9.18 Å². The Kier molecular flexibility index (Phi) is 6.55. The number of amides is 2. The molecule has 0 saturated carbocycles. The zero-order valence-electron chi connectivity index (χ0n) is 18.4. The minimum atomic E-state index is -1.10. The largest absolute Gasteiger partial charge is 0.383 e. The van der Waals surface area contributed by atoms with E-state index in [0.29, 0.717) is 42.7 Å². The molecule has 2 aliphatic heterocycles. The van der Waals surface area contributed by atoms with Crippen molar-refractivity contribution in [3.05, 3.63) is 53.1 Å². The molecule has 2 saturated heterocycles. The van der Waals surface area contributed by atoms with Crippen LogP contribution in [-0.4, -0.2) is 72.2 Å². The van der Waals surface area contributed by atoms with Crippen molar-refractivity contribution in [3.63, 3.8) is 0 Å². The number of urea groups is 1. The molecule has 2 N–H and O–H groups in total. The van der Waals surface area contributed by atoms with Gasteiger partial charge in [-0.1, -0.05) is 11.6 Å². The highest BCUT2D eigenvalue weighted by molar-refractivity contribution is 6.30. The first-order valence-corrected chi connectivity index (χ1v) is 11.2. The van der Waals surface area contributed by atoms with E-state index in [0.717, 1.165) is 25.2 Å². The summed E-state index contributed by atoms with van der Waals surface area (Å²) in [6.45, 7) is 2.42. The molecule has 0 spiro atoms. The van der Waals surface area contributed by atoms with E-state index in [-0.39, 0.29) is 11.7 Å². The lowest BCUT2D eigenvalue weighted by Crippen LogP contribution is -2.47. The van der Waals surface area contributed by atoms with Crippen molar-refractivity contribution in [2.45, 2.75) is 30.9 Å². The van der Waals surface area contributed by atoms with E-state index in [2.05, 4.69) is 34.2 Å². The number of anilines is 2. The molecular formula is C23H29ClFN5O2. The third-order valence-corrected chi connectivity index (χ3v) is 6.76. The van der Waals surface area contributed by atoms with Crippen LogP contribution in [-0.2, 0) is 5.60 Å². The van der Waals surface area contributed by atoms with Crippen molar-refractivity contribution in [1.82, 2.24) is 14.8 Å². The number of benzene rings is 1. The summed E-state index contributed by atoms with van der Waals surface area (Å²) < 4.78 is 14.7. The minimum absolute atomic E-state index is 0.155. The van der Waals surface area contributed by atoms with Crippen molar-refractivity contribution < 1.29 is 14.3 Å². The fourth-order valence-corrected chi connectivity index (χ4v) is 4.49. The summed E-state index contributed by atoms with van der Waals surface area (Å²) in [7, 11) is 4.11. The molecule has 2 fully saturated rings. The normalized spacial score (nSPS) is 20.6. The smallest absolute Gasteiger partial charge is 0.321 e. The van der Waals surface area contributed by atoms with Crippen LogP contribution < -0.4 is 10.2 Å². The molecule has 4 rings (SSSR count). The van der Waals surface area contributed by atoms with Gasteiger partial charge in [0.25, 0.3) is 0 Å². The Bertz CT molecular complexity index is 963. The van der Waals surface area contributed by atoms with E-state index < -0.39 is 11.4 Å². The van der Waals surface area contributed by atoms with Crippen LogP contribution in [0.2, 0.25) is 5.02 Å². The van der Waals surface area contributed by atoms with Crippen LogP contribution in [0.4, 0.5) is 20.6 Å². The number of likely N-dealkylation sites (N-methyl/N-ethyl adjacent to an activating group) is 1. The van der Waals surface area contributed by atoms with Crippen LogP contribution in [0.3, 0.4) is 0 Å². The second-order valence-electron chi connectivity index (χ2n) is 8.83. The summed E-state index contributed by atoms with van der Waals surface area (Å²) in [5, 5.41) is 14.1. The predicted octanol–water partition coefficient (Wildman–Crippen LogP) is 3.53. The maximum atomic E-state index is 14.7. The first-order valence-electron chi connectivity index (χ1n) is 10.9. The Hall–Kier alpha value is -2.42. The number of halogens is 2. The Morgan fingerprint density at radius 3 is 2.59 bits per heavy atom. The van der Waals surface area contributed by atoms with E-state index >= 15 is 0 Å². The molecule has 32 heavy (non-hydrogen) atoms. The summed E-state index contributed by atoms with van der Waals surface area (Å²) >= 11 is 5.88. The monoisotopic (exact) mass is 461 g/mol. The SMILES string of the molecule is CN(C)C1CCN(c2ccc(NC(=O)N3CCC(O)(c4ccc(Cl)cn4)CC3)c(F)c2)C1. The summed E-state index contributed by atoms with van der Waals surface area (Å²) in [4.78, 5) is 22.8. The molecule has 2 aromatic rings. The third-order valence-electron chi connectivity index (χ3n) is 6.54. The second-order valence-corrected chi connectivity index (χ2v) is 9.26. The molecule has 2 aliphatic rings. The van der Waals surface area contributed by atoms with Gasteiger partial charge < -0.3 is 25.1 Å². The van der Waals surface area contributed by atoms with Gasteiger partial charge in [-0.05, 0) is 63.7 Å². The first-order chi connectivity index (χ1) is 15.2. The molecule has 3 heterocycles. The number of hydrogen-bond acceptors (Lipinski definition) is 5. The van der Waals surface area contributed by atoms with E-state index in [9.17, 15) is 14.3 Å². The van der Waals surface area contributed by atoms with Crippen LogP contribution in [0, 0.1) is 5.82 Å². The zero-order valence-corrected chi connectivity index (χ0v) is 19.1. The van der Waals surface area contributed by atoms with E-state index in [1.807, 2.05) is 6.07 Å². The van der Waals surface area contributed by atoms with Crippen LogP contribution in [0.1, 0.15) is 25.0 Å². The number of aliphatic hydroxyl groups is 1. The first kappa shape index (κ1) is 22.8. The molecule has 1 atom stereocenters. The van der Waals surface area contributed by atoms with Gasteiger partial charge in [0.2, 0.25) is 0 Å². The van der Waals surface area contributed by atoms with Crippen molar-refractivity contribution in [2.75, 3.05) is 50.5 Å². The van der Waals surface area contributed by atoms with Gasteiger partial charge in [0.05, 0.1) is 16.4 Å². The Morgan fingerprint density at radius 2 is 2.00 bits per heavy atom. The molecule has 172 valence electrons. The lowest BCUT2D eigenvalue weighted by molar-refractivity contribution is -0.0193. The average molecular weight is 462 g/mol. The molecular weight excluding hydrogens is 433 g/mol. The Labute approximate surface area is 192 Å². The molecule has 7 nitrogen and oxygen atoms in total. The zero-order chi connectivity index (χ0) is 22.9. The number of pyridine rings is 1. The average Bonchev–Trinajstić information content (AvgIpc) is 3.27. The number of nitrogens with zero attached hydrogens (tertiary/aromatic N) is 4. The third kappa shape index (κ3) is 4.82. The maximum Gasteiger partial charge on any atom is 0.321 e. The predicted molar refractivity (Wildman–Crippen MR) is 124 cm³/mol. The van der Waals surface area contributed by atoms with E-state index in [4.69, 9.17) is 11.6 Å². The fraction of sp³-hybridized carbons (Fsp3) is 0.478. The highest BCUT2D eigenvalue weighted by Gasteiger charge is 2.36. The number of aromatic nitrogens is 1. The molecule has 1 aromatic heterocycles. The van der Waals surface area contributed by atoms with Crippen molar-refractivity contribution in [2.24, 2.45) is 0 Å². The molecule has 0 bridgehead atoms. The van der Waals surface area contributed by atoms with Gasteiger partial charge in [-0.2, -0.15) is 0 Å². The van der Waals surface area contributed by atoms with Crippen LogP contribution in [0.5, 0.6) is 0 Å². The standard InChI is InChI=1S/C23H29ClFN5O2/c1-28(2)18-7-10-30(15-18)17-4-5-20(19(25)13-17)27-22(31)29-11-8-23(32,9-12-29)21-6-3-16(24)14-26-21/h3-6,13-14,18,32H,7-12,15H2,1-2H3,(H,27,31). The lowest BCUT2D eigenvalue weighted by Gasteiger charge is -2.37. The van der Waals surface area contributed by atoms with Gasteiger partial charge in [-0.3, -0.25) is 4.98 Å². The molecule has 1 unspecified atom stereocenters. The van der Waals surface area contributed by atoms with Crippen LogP contribution in [0.25, 0.3) is 0 Å². The van der Waals surface area contributed by atoms with Gasteiger partial charge in [0.1, 0.15) is 11.4 Å². The minimum Gasteiger partial charge on any atom is -0.383 e. The number of hydrogen-bond donors (Lipinski definition) is 2. The molecule has 0 radical (unpaired) electrons. The Morgan fingerprint density at radius 1 is 1.25 bits per heavy atom. The van der Waals surface area contributed by atoms with Crippen molar-refractivity contribution >= 4 is 29.0 Å². The molecule has 2 amide bonds. The number of carbonyl (C=O) groups excluding carboxylic acids is 1. The maximum absolute atomic E-state index is 14.7. The van der Waals surface area contributed by atoms with Crippen LogP contribution >= 0.6 is 11.6 Å². The lowest BCUT2D eigenvalue weighted by atomic mass is 9.88. The Balaban J connectivity index is 1.35. The number of likely N-dealkylation sites (tertiary alicyclic amines) is 1.